The fourth-order valence-corrected chi connectivity index (χ4v) is 1.79. The molecule has 4 heteroatoms. The summed E-state index contributed by atoms with van der Waals surface area (Å²) in [5, 5.41) is 9.37. The van der Waals surface area contributed by atoms with Crippen molar-refractivity contribution in [3.63, 3.8) is 0 Å². The van der Waals surface area contributed by atoms with Gasteiger partial charge in [-0.05, 0) is 12.3 Å². The van der Waals surface area contributed by atoms with Crippen LogP contribution in [0.1, 0.15) is 26.3 Å². The number of hydrogen-bond acceptors (Lipinski definition) is 3. The van der Waals surface area contributed by atoms with E-state index >= 15 is 0 Å². The zero-order valence-electron chi connectivity index (χ0n) is 10.4. The Balaban J connectivity index is 2.88. The van der Waals surface area contributed by atoms with Crippen LogP contribution in [-0.2, 0) is 0 Å². The van der Waals surface area contributed by atoms with Gasteiger partial charge in [0.05, 0.1) is 39.3 Å². The van der Waals surface area contributed by atoms with E-state index in [1.165, 1.54) is 0 Å². The Bertz CT molecular complexity index is 299. The Morgan fingerprint density at radius 1 is 1.19 bits per heavy atom. The highest BCUT2D eigenvalue weighted by atomic mass is 16.5. The van der Waals surface area contributed by atoms with Crippen LogP contribution in [-0.4, -0.2) is 30.5 Å². The summed E-state index contributed by atoms with van der Waals surface area (Å²) in [5.74, 6) is 1.94. The van der Waals surface area contributed by atoms with Crippen LogP contribution in [0.5, 0.6) is 11.5 Å². The van der Waals surface area contributed by atoms with Gasteiger partial charge in [-0.1, -0.05) is 13.8 Å². The Morgan fingerprint density at radius 3 is 2.00 bits per heavy atom. The molecule has 0 aliphatic heterocycles. The van der Waals surface area contributed by atoms with Gasteiger partial charge in [-0.2, -0.15) is 0 Å². The summed E-state index contributed by atoms with van der Waals surface area (Å²) in [5.41, 5.74) is 0. The molecule has 0 aromatic carbocycles. The molecule has 1 heterocycles. The van der Waals surface area contributed by atoms with Gasteiger partial charge in [-0.15, -0.1) is 0 Å². The predicted octanol–water partition coefficient (Wildman–Crippen LogP) is 2.08. The largest absolute Gasteiger partial charge is 0.491 e. The first kappa shape index (κ1) is 12.9. The minimum absolute atomic E-state index is 0.0813. The van der Waals surface area contributed by atoms with Gasteiger partial charge >= 0.3 is 0 Å². The lowest BCUT2D eigenvalue weighted by Gasteiger charge is -2.17. The molecule has 0 aliphatic carbocycles. The van der Waals surface area contributed by atoms with Crippen LogP contribution in [0.3, 0.4) is 0 Å². The number of rotatable bonds is 6. The van der Waals surface area contributed by atoms with Crippen LogP contribution >= 0.6 is 0 Å². The maximum atomic E-state index is 9.37. The first-order valence-electron chi connectivity index (χ1n) is 5.52. The second-order valence-electron chi connectivity index (χ2n) is 4.31. The standard InChI is InChI=1S/C12H21NO3/c1-9(2)5-10(8-14)13-6-11(15-3)12(7-13)16-4/h6-7,9-10,14H,5,8H2,1-4H3/t10-/m0/s1. The molecule has 0 unspecified atom stereocenters. The summed E-state index contributed by atoms with van der Waals surface area (Å²) in [6.45, 7) is 4.40. The van der Waals surface area contributed by atoms with Crippen molar-refractivity contribution < 1.29 is 14.6 Å². The summed E-state index contributed by atoms with van der Waals surface area (Å²) in [6, 6.07) is 0.0813. The zero-order chi connectivity index (χ0) is 12.1. The fraction of sp³-hybridized carbons (Fsp3) is 0.667. The monoisotopic (exact) mass is 227 g/mol. The molecule has 0 aliphatic rings. The van der Waals surface area contributed by atoms with Crippen LogP contribution in [0.25, 0.3) is 0 Å². The van der Waals surface area contributed by atoms with Crippen molar-refractivity contribution in [2.24, 2.45) is 5.92 Å². The maximum absolute atomic E-state index is 9.37. The van der Waals surface area contributed by atoms with E-state index in [2.05, 4.69) is 13.8 Å². The van der Waals surface area contributed by atoms with Crippen LogP contribution in [0.4, 0.5) is 0 Å². The van der Waals surface area contributed by atoms with Crippen LogP contribution < -0.4 is 9.47 Å². The Hall–Kier alpha value is -1.16. The molecule has 0 saturated heterocycles. The van der Waals surface area contributed by atoms with Gasteiger partial charge in [-0.25, -0.2) is 0 Å². The Kier molecular flexibility index (Phi) is 4.68. The highest BCUT2D eigenvalue weighted by Gasteiger charge is 2.15. The van der Waals surface area contributed by atoms with Crippen LogP contribution in [0.2, 0.25) is 0 Å². The highest BCUT2D eigenvalue weighted by molar-refractivity contribution is 5.37. The molecule has 0 spiro atoms. The average molecular weight is 227 g/mol. The minimum atomic E-state index is 0.0813. The van der Waals surface area contributed by atoms with Crippen molar-refractivity contribution >= 4 is 0 Å². The van der Waals surface area contributed by atoms with Gasteiger partial charge < -0.3 is 19.1 Å². The summed E-state index contributed by atoms with van der Waals surface area (Å²) in [7, 11) is 3.22. The molecule has 0 saturated carbocycles. The Labute approximate surface area is 96.8 Å². The first-order chi connectivity index (χ1) is 7.62. The number of hydrogen-bond donors (Lipinski definition) is 1. The number of methoxy groups -OCH3 is 2. The molecule has 1 aromatic heterocycles. The molecule has 1 atom stereocenters. The first-order valence-corrected chi connectivity index (χ1v) is 5.52. The number of aliphatic hydroxyl groups excluding tert-OH is 1. The van der Waals surface area contributed by atoms with Gasteiger partial charge in [-0.3, -0.25) is 0 Å². The van der Waals surface area contributed by atoms with Gasteiger partial charge in [0.15, 0.2) is 11.5 Å². The molecule has 1 N–H and O–H groups in total. The average Bonchev–Trinajstić information content (AvgIpc) is 2.68. The maximum Gasteiger partial charge on any atom is 0.178 e. The smallest absolute Gasteiger partial charge is 0.178 e. The lowest BCUT2D eigenvalue weighted by molar-refractivity contribution is 0.208. The third-order valence-electron chi connectivity index (χ3n) is 2.59. The number of nitrogens with zero attached hydrogens (tertiary/aromatic N) is 1. The summed E-state index contributed by atoms with van der Waals surface area (Å²) >= 11 is 0. The van der Waals surface area contributed by atoms with E-state index in [1.807, 2.05) is 17.0 Å². The van der Waals surface area contributed by atoms with E-state index in [0.717, 1.165) is 6.42 Å². The normalized spacial score (nSPS) is 12.9. The van der Waals surface area contributed by atoms with Crippen molar-refractivity contribution in [3.05, 3.63) is 12.4 Å². The molecular weight excluding hydrogens is 206 g/mol. The fourth-order valence-electron chi connectivity index (χ4n) is 1.79. The van der Waals surface area contributed by atoms with Crippen LogP contribution in [0, 0.1) is 5.92 Å². The van der Waals surface area contributed by atoms with Gasteiger partial charge in [0.2, 0.25) is 0 Å². The molecule has 16 heavy (non-hydrogen) atoms. The van der Waals surface area contributed by atoms with E-state index < -0.39 is 0 Å². The molecule has 4 nitrogen and oxygen atoms in total. The topological polar surface area (TPSA) is 43.6 Å². The van der Waals surface area contributed by atoms with Crippen molar-refractivity contribution in [3.8, 4) is 11.5 Å². The van der Waals surface area contributed by atoms with Crippen molar-refractivity contribution in [2.75, 3.05) is 20.8 Å². The van der Waals surface area contributed by atoms with E-state index in [0.29, 0.717) is 17.4 Å². The molecule has 1 aromatic rings. The van der Waals surface area contributed by atoms with Gasteiger partial charge in [0.25, 0.3) is 0 Å². The van der Waals surface area contributed by atoms with Gasteiger partial charge in [0.1, 0.15) is 0 Å². The number of ether oxygens (including phenoxy) is 2. The zero-order valence-corrected chi connectivity index (χ0v) is 10.4. The third kappa shape index (κ3) is 2.92. The molecule has 92 valence electrons. The van der Waals surface area contributed by atoms with E-state index in [1.54, 1.807) is 14.2 Å². The second kappa shape index (κ2) is 5.80. The highest BCUT2D eigenvalue weighted by Crippen LogP contribution is 2.31. The summed E-state index contributed by atoms with van der Waals surface area (Å²) in [4.78, 5) is 0. The lowest BCUT2D eigenvalue weighted by atomic mass is 10.0. The molecular formula is C12H21NO3. The molecule has 0 bridgehead atoms. The second-order valence-corrected chi connectivity index (χ2v) is 4.31. The minimum Gasteiger partial charge on any atom is -0.491 e. The van der Waals surface area contributed by atoms with E-state index in [-0.39, 0.29) is 12.6 Å². The van der Waals surface area contributed by atoms with Crippen molar-refractivity contribution in [2.45, 2.75) is 26.3 Å². The number of aromatic nitrogens is 1. The summed E-state index contributed by atoms with van der Waals surface area (Å²) in [6.07, 6.45) is 4.65. The third-order valence-corrected chi connectivity index (χ3v) is 2.59. The van der Waals surface area contributed by atoms with Crippen molar-refractivity contribution in [1.82, 2.24) is 4.57 Å². The SMILES string of the molecule is COc1cn([C@H](CO)CC(C)C)cc1OC. The van der Waals surface area contributed by atoms with E-state index in [9.17, 15) is 5.11 Å². The predicted molar refractivity (Wildman–Crippen MR) is 63.1 cm³/mol. The summed E-state index contributed by atoms with van der Waals surface area (Å²) < 4.78 is 12.3. The number of aliphatic hydroxyl groups is 1. The van der Waals surface area contributed by atoms with Crippen LogP contribution in [0.15, 0.2) is 12.4 Å². The molecule has 0 radical (unpaired) electrons. The molecule has 0 fully saturated rings. The quantitative estimate of drug-likeness (QED) is 0.809. The molecule has 0 amide bonds. The van der Waals surface area contributed by atoms with E-state index in [4.69, 9.17) is 9.47 Å². The lowest BCUT2D eigenvalue weighted by Crippen LogP contribution is -2.13. The van der Waals surface area contributed by atoms with Crippen molar-refractivity contribution in [1.29, 1.82) is 0 Å². The Morgan fingerprint density at radius 2 is 1.69 bits per heavy atom. The van der Waals surface area contributed by atoms with Gasteiger partial charge in [0, 0.05) is 0 Å². The molecule has 1 rings (SSSR count).